The van der Waals surface area contributed by atoms with E-state index in [0.717, 1.165) is 0 Å². The fourth-order valence-corrected chi connectivity index (χ4v) is 2.67. The summed E-state index contributed by atoms with van der Waals surface area (Å²) in [5, 5.41) is 0.643. The first-order chi connectivity index (χ1) is 11.7. The quantitative estimate of drug-likeness (QED) is 0.541. The second kappa shape index (κ2) is 6.58. The zero-order valence-corrected chi connectivity index (χ0v) is 13.4. The molecule has 0 aliphatic rings. The zero-order valence-electron chi connectivity index (χ0n) is 13.4. The van der Waals surface area contributed by atoms with E-state index in [1.807, 2.05) is 18.2 Å². The van der Waals surface area contributed by atoms with Crippen molar-refractivity contribution in [1.82, 2.24) is 0 Å². The van der Waals surface area contributed by atoms with E-state index in [0.29, 0.717) is 27.8 Å². The van der Waals surface area contributed by atoms with Gasteiger partial charge in [-0.3, -0.25) is 0 Å². The topological polar surface area (TPSA) is 65.7 Å². The van der Waals surface area contributed by atoms with Crippen LogP contribution in [0.2, 0.25) is 0 Å². The lowest BCUT2D eigenvalue weighted by molar-refractivity contribution is 0.0523. The molecule has 0 bridgehead atoms. The van der Waals surface area contributed by atoms with Gasteiger partial charge in [-0.25, -0.2) is 9.59 Å². The fourth-order valence-electron chi connectivity index (χ4n) is 2.67. The predicted octanol–water partition coefficient (Wildman–Crippen LogP) is 3.65. The number of carbonyl (C=O) groups is 1. The van der Waals surface area contributed by atoms with E-state index in [4.69, 9.17) is 13.9 Å². The minimum absolute atomic E-state index is 0.125. The predicted molar refractivity (Wildman–Crippen MR) is 90.4 cm³/mol. The summed E-state index contributed by atoms with van der Waals surface area (Å²) in [7, 11) is 1.54. The molecule has 0 N–H and O–H groups in total. The third-order valence-corrected chi connectivity index (χ3v) is 3.67. The first-order valence-corrected chi connectivity index (χ1v) is 7.53. The van der Waals surface area contributed by atoms with E-state index in [1.165, 1.54) is 7.11 Å². The Morgan fingerprint density at radius 1 is 1.08 bits per heavy atom. The van der Waals surface area contributed by atoms with Crippen LogP contribution in [0.1, 0.15) is 17.3 Å². The van der Waals surface area contributed by atoms with E-state index in [2.05, 4.69) is 0 Å². The molecular formula is C19H16O5. The van der Waals surface area contributed by atoms with Crippen LogP contribution in [0.5, 0.6) is 5.75 Å². The molecule has 5 nitrogen and oxygen atoms in total. The molecule has 0 fully saturated rings. The molecular weight excluding hydrogens is 308 g/mol. The van der Waals surface area contributed by atoms with Crippen molar-refractivity contribution in [2.75, 3.05) is 13.7 Å². The minimum atomic E-state index is -0.729. The van der Waals surface area contributed by atoms with Gasteiger partial charge in [-0.05, 0) is 19.1 Å². The average Bonchev–Trinajstić information content (AvgIpc) is 2.60. The van der Waals surface area contributed by atoms with Gasteiger partial charge < -0.3 is 13.9 Å². The molecule has 5 heteroatoms. The van der Waals surface area contributed by atoms with Crippen molar-refractivity contribution in [3.8, 4) is 16.9 Å². The molecule has 0 amide bonds. The van der Waals surface area contributed by atoms with Crippen LogP contribution in [0.25, 0.3) is 22.1 Å². The van der Waals surface area contributed by atoms with Gasteiger partial charge in [-0.1, -0.05) is 36.4 Å². The van der Waals surface area contributed by atoms with Gasteiger partial charge in [0.2, 0.25) is 0 Å². The number of carbonyl (C=O) groups excluding carboxylic acids is 1. The second-order valence-corrected chi connectivity index (χ2v) is 5.06. The molecule has 122 valence electrons. The monoisotopic (exact) mass is 324 g/mol. The molecule has 0 saturated heterocycles. The van der Waals surface area contributed by atoms with Crippen LogP contribution in [0, 0.1) is 0 Å². The lowest BCUT2D eigenvalue weighted by Gasteiger charge is -2.13. The number of benzene rings is 2. The Hall–Kier alpha value is -3.08. The number of ether oxygens (including phenoxy) is 2. The highest BCUT2D eigenvalue weighted by Crippen LogP contribution is 2.36. The zero-order chi connectivity index (χ0) is 17.1. The SMILES string of the molecule is CCOC(=O)c1c(-c2ccccc2OC)c2ccccc2oc1=O. The summed E-state index contributed by atoms with van der Waals surface area (Å²) >= 11 is 0. The maximum absolute atomic E-state index is 12.4. The van der Waals surface area contributed by atoms with Crippen LogP contribution < -0.4 is 10.4 Å². The molecule has 0 radical (unpaired) electrons. The number of hydrogen-bond acceptors (Lipinski definition) is 5. The van der Waals surface area contributed by atoms with Crippen LogP contribution in [0.4, 0.5) is 0 Å². The summed E-state index contributed by atoms with van der Waals surface area (Å²) in [6.45, 7) is 1.85. The van der Waals surface area contributed by atoms with Gasteiger partial charge in [-0.2, -0.15) is 0 Å². The van der Waals surface area contributed by atoms with Crippen molar-refractivity contribution in [2.45, 2.75) is 6.92 Å². The van der Waals surface area contributed by atoms with E-state index >= 15 is 0 Å². The first kappa shape index (κ1) is 15.8. The summed E-state index contributed by atoms with van der Waals surface area (Å²) in [5.74, 6) is -0.156. The first-order valence-electron chi connectivity index (χ1n) is 7.53. The highest BCUT2D eigenvalue weighted by Gasteiger charge is 2.24. The molecule has 2 aromatic carbocycles. The summed E-state index contributed by atoms with van der Waals surface area (Å²) in [6.07, 6.45) is 0. The second-order valence-electron chi connectivity index (χ2n) is 5.06. The third kappa shape index (κ3) is 2.65. The highest BCUT2D eigenvalue weighted by molar-refractivity contribution is 6.06. The maximum Gasteiger partial charge on any atom is 0.351 e. The highest BCUT2D eigenvalue weighted by atomic mass is 16.5. The van der Waals surface area contributed by atoms with Gasteiger partial charge in [0.05, 0.1) is 13.7 Å². The minimum Gasteiger partial charge on any atom is -0.496 e. The van der Waals surface area contributed by atoms with E-state index in [9.17, 15) is 9.59 Å². The molecule has 3 rings (SSSR count). The summed E-state index contributed by atoms with van der Waals surface area (Å²) in [4.78, 5) is 24.8. The number of rotatable bonds is 4. The lowest BCUT2D eigenvalue weighted by Crippen LogP contribution is -2.18. The van der Waals surface area contributed by atoms with Gasteiger partial charge in [0.1, 0.15) is 11.3 Å². The van der Waals surface area contributed by atoms with Gasteiger partial charge in [0, 0.05) is 16.5 Å². The number of esters is 1. The van der Waals surface area contributed by atoms with E-state index < -0.39 is 11.6 Å². The molecule has 1 heterocycles. The summed E-state index contributed by atoms with van der Waals surface area (Å²) < 4.78 is 15.8. The molecule has 3 aromatic rings. The summed E-state index contributed by atoms with van der Waals surface area (Å²) in [5.41, 5.74) is 0.634. The molecule has 0 spiro atoms. The molecule has 24 heavy (non-hydrogen) atoms. The average molecular weight is 324 g/mol. The Balaban J connectivity index is 2.45. The summed E-state index contributed by atoms with van der Waals surface area (Å²) in [6, 6.07) is 14.3. The third-order valence-electron chi connectivity index (χ3n) is 3.67. The normalized spacial score (nSPS) is 10.6. The molecule has 1 aromatic heterocycles. The Labute approximate surface area is 138 Å². The smallest absolute Gasteiger partial charge is 0.351 e. The molecule has 0 aliphatic carbocycles. The number of hydrogen-bond donors (Lipinski definition) is 0. The van der Waals surface area contributed by atoms with Gasteiger partial charge in [-0.15, -0.1) is 0 Å². The Kier molecular flexibility index (Phi) is 4.33. The Morgan fingerprint density at radius 3 is 2.54 bits per heavy atom. The lowest BCUT2D eigenvalue weighted by atomic mass is 9.96. The van der Waals surface area contributed by atoms with Gasteiger partial charge in [0.25, 0.3) is 0 Å². The number of para-hydroxylation sites is 2. The van der Waals surface area contributed by atoms with Crippen LogP contribution in [-0.4, -0.2) is 19.7 Å². The fraction of sp³-hybridized carbons (Fsp3) is 0.158. The van der Waals surface area contributed by atoms with Crippen molar-refractivity contribution in [2.24, 2.45) is 0 Å². The number of fused-ring (bicyclic) bond motifs is 1. The van der Waals surface area contributed by atoms with Crippen molar-refractivity contribution in [3.63, 3.8) is 0 Å². The van der Waals surface area contributed by atoms with Gasteiger partial charge >= 0.3 is 11.6 Å². The van der Waals surface area contributed by atoms with Crippen LogP contribution in [0.15, 0.2) is 57.7 Å². The largest absolute Gasteiger partial charge is 0.496 e. The maximum atomic E-state index is 12.4. The van der Waals surface area contributed by atoms with Crippen LogP contribution >= 0.6 is 0 Å². The van der Waals surface area contributed by atoms with Crippen molar-refractivity contribution in [1.29, 1.82) is 0 Å². The van der Waals surface area contributed by atoms with Crippen molar-refractivity contribution in [3.05, 3.63) is 64.5 Å². The molecule has 0 aliphatic heterocycles. The van der Waals surface area contributed by atoms with Crippen molar-refractivity contribution >= 4 is 16.9 Å². The Bertz CT molecular complexity index is 955. The number of methoxy groups -OCH3 is 1. The van der Waals surface area contributed by atoms with Crippen LogP contribution in [0.3, 0.4) is 0 Å². The van der Waals surface area contributed by atoms with Crippen LogP contribution in [-0.2, 0) is 4.74 Å². The van der Waals surface area contributed by atoms with E-state index in [1.54, 1.807) is 37.3 Å². The molecule has 0 atom stereocenters. The Morgan fingerprint density at radius 2 is 1.79 bits per heavy atom. The molecule has 0 unspecified atom stereocenters. The standard InChI is InChI=1S/C19H16O5/c1-3-23-18(20)17-16(12-8-4-6-10-14(12)22-2)13-9-5-7-11-15(13)24-19(17)21/h4-11H,3H2,1-2H3. The van der Waals surface area contributed by atoms with Gasteiger partial charge in [0.15, 0.2) is 5.56 Å². The van der Waals surface area contributed by atoms with Crippen molar-refractivity contribution < 1.29 is 18.7 Å². The van der Waals surface area contributed by atoms with E-state index in [-0.39, 0.29) is 12.2 Å². The molecule has 0 saturated carbocycles.